The minimum atomic E-state index is 0.268. The first-order valence-electron chi connectivity index (χ1n) is 8.72. The van der Waals surface area contributed by atoms with Gasteiger partial charge in [0.05, 0.1) is 25.5 Å². The van der Waals surface area contributed by atoms with E-state index in [2.05, 4.69) is 46.9 Å². The number of hydrogen-bond acceptors (Lipinski definition) is 6. The first kappa shape index (κ1) is 16.8. The Morgan fingerprint density at radius 1 is 1.15 bits per heavy atom. The summed E-state index contributed by atoms with van der Waals surface area (Å²) >= 11 is 0. The summed E-state index contributed by atoms with van der Waals surface area (Å²) in [6, 6.07) is 2.37. The zero-order valence-corrected chi connectivity index (χ0v) is 15.7. The lowest BCUT2D eigenvalue weighted by molar-refractivity contribution is 0.343. The van der Waals surface area contributed by atoms with E-state index in [0.29, 0.717) is 17.7 Å². The minimum absolute atomic E-state index is 0.268. The molecule has 0 amide bonds. The zero-order chi connectivity index (χ0) is 18.5. The third-order valence-corrected chi connectivity index (χ3v) is 5.07. The van der Waals surface area contributed by atoms with Gasteiger partial charge in [-0.05, 0) is 29.7 Å². The molecule has 0 N–H and O–H groups in total. The van der Waals surface area contributed by atoms with Gasteiger partial charge in [-0.15, -0.1) is 0 Å². The maximum atomic E-state index is 5.43. The molecule has 0 radical (unpaired) electrons. The lowest BCUT2D eigenvalue weighted by Crippen LogP contribution is -2.09. The molecule has 136 valence electrons. The van der Waals surface area contributed by atoms with Gasteiger partial charge in [0, 0.05) is 24.2 Å². The summed E-state index contributed by atoms with van der Waals surface area (Å²) in [5, 5.41) is 4.68. The van der Waals surface area contributed by atoms with Gasteiger partial charge in [0.1, 0.15) is 0 Å². The summed E-state index contributed by atoms with van der Waals surface area (Å²) in [6.07, 6.45) is 6.51. The molecular formula is C19H23N5O2. The Bertz CT molecular complexity index is 960. The van der Waals surface area contributed by atoms with Gasteiger partial charge in [-0.2, -0.15) is 10.1 Å². The van der Waals surface area contributed by atoms with Crippen LogP contribution in [0.5, 0.6) is 11.9 Å². The highest BCUT2D eigenvalue weighted by atomic mass is 16.5. The number of hydrogen-bond donors (Lipinski definition) is 0. The molecule has 1 aliphatic rings. The van der Waals surface area contributed by atoms with Gasteiger partial charge in [0.2, 0.25) is 5.88 Å². The molecule has 0 aromatic carbocycles. The van der Waals surface area contributed by atoms with Crippen molar-refractivity contribution >= 4 is 5.65 Å². The van der Waals surface area contributed by atoms with Crippen molar-refractivity contribution in [3.05, 3.63) is 30.2 Å². The van der Waals surface area contributed by atoms with Crippen LogP contribution < -0.4 is 9.47 Å². The highest BCUT2D eigenvalue weighted by Crippen LogP contribution is 2.57. The highest BCUT2D eigenvalue weighted by molar-refractivity contribution is 5.67. The van der Waals surface area contributed by atoms with Crippen LogP contribution in [0.2, 0.25) is 0 Å². The van der Waals surface area contributed by atoms with Crippen LogP contribution >= 0.6 is 0 Å². The molecule has 3 aromatic heterocycles. The minimum Gasteiger partial charge on any atom is -0.480 e. The highest BCUT2D eigenvalue weighted by Gasteiger charge is 2.47. The van der Waals surface area contributed by atoms with Crippen LogP contribution in [0, 0.1) is 11.3 Å². The number of imidazole rings is 1. The fraction of sp³-hybridized carbons (Fsp3) is 0.474. The van der Waals surface area contributed by atoms with Crippen LogP contribution in [-0.4, -0.2) is 38.8 Å². The van der Waals surface area contributed by atoms with Crippen LogP contribution in [0.15, 0.2) is 24.7 Å². The van der Waals surface area contributed by atoms with E-state index >= 15 is 0 Å². The normalized spacial score (nSPS) is 19.6. The Morgan fingerprint density at radius 3 is 2.62 bits per heavy atom. The van der Waals surface area contributed by atoms with E-state index in [-0.39, 0.29) is 11.4 Å². The van der Waals surface area contributed by atoms with Gasteiger partial charge >= 0.3 is 6.01 Å². The molecule has 3 heterocycles. The molecule has 4 rings (SSSR count). The summed E-state index contributed by atoms with van der Waals surface area (Å²) in [5.74, 6) is 1.58. The molecule has 7 heteroatoms. The number of nitrogens with zero attached hydrogens (tertiary/aromatic N) is 5. The first-order valence-corrected chi connectivity index (χ1v) is 8.72. The molecule has 3 aromatic rings. The SMILES string of the molecule is COc1ncc(-c2cc([C@H]3C[C@@H]3C(C)(C)C)c3nccn3n2)c(OC)n1. The van der Waals surface area contributed by atoms with Crippen LogP contribution in [0.3, 0.4) is 0 Å². The van der Waals surface area contributed by atoms with Crippen LogP contribution in [0.25, 0.3) is 16.9 Å². The molecule has 0 spiro atoms. The van der Waals surface area contributed by atoms with E-state index in [4.69, 9.17) is 9.47 Å². The number of rotatable bonds is 4. The Labute approximate surface area is 152 Å². The predicted octanol–water partition coefficient (Wildman–Crippen LogP) is 3.35. The summed E-state index contributed by atoms with van der Waals surface area (Å²) in [6.45, 7) is 6.88. The number of fused-ring (bicyclic) bond motifs is 1. The van der Waals surface area contributed by atoms with Gasteiger partial charge < -0.3 is 9.47 Å². The quantitative estimate of drug-likeness (QED) is 0.716. The fourth-order valence-electron chi connectivity index (χ4n) is 3.62. The molecule has 1 saturated carbocycles. The van der Waals surface area contributed by atoms with Gasteiger partial charge in [0.25, 0.3) is 0 Å². The van der Waals surface area contributed by atoms with Crippen LogP contribution in [-0.2, 0) is 0 Å². The van der Waals surface area contributed by atoms with Gasteiger partial charge in [-0.1, -0.05) is 20.8 Å². The molecule has 0 unspecified atom stereocenters. The van der Waals surface area contributed by atoms with E-state index in [9.17, 15) is 0 Å². The maximum absolute atomic E-state index is 5.43. The van der Waals surface area contributed by atoms with Gasteiger partial charge in [-0.3, -0.25) is 0 Å². The van der Waals surface area contributed by atoms with Crippen molar-refractivity contribution in [3.8, 4) is 23.1 Å². The van der Waals surface area contributed by atoms with Gasteiger partial charge in [-0.25, -0.2) is 14.5 Å². The first-order chi connectivity index (χ1) is 12.4. The number of methoxy groups -OCH3 is 2. The zero-order valence-electron chi connectivity index (χ0n) is 15.7. The molecule has 1 aliphatic carbocycles. The lowest BCUT2D eigenvalue weighted by Gasteiger charge is -2.18. The second kappa shape index (κ2) is 5.93. The van der Waals surface area contributed by atoms with Crippen molar-refractivity contribution in [1.29, 1.82) is 0 Å². The number of aromatic nitrogens is 5. The largest absolute Gasteiger partial charge is 0.480 e. The number of ether oxygens (including phenoxy) is 2. The summed E-state index contributed by atoms with van der Waals surface area (Å²) in [7, 11) is 3.11. The molecule has 26 heavy (non-hydrogen) atoms. The Hall–Kier alpha value is -2.70. The Kier molecular flexibility index (Phi) is 3.82. The third kappa shape index (κ3) is 2.77. The van der Waals surface area contributed by atoms with Crippen molar-refractivity contribution in [2.75, 3.05) is 14.2 Å². The summed E-state index contributed by atoms with van der Waals surface area (Å²) in [4.78, 5) is 13.0. The summed E-state index contributed by atoms with van der Waals surface area (Å²) < 4.78 is 12.3. The second-order valence-corrected chi connectivity index (χ2v) is 7.77. The molecule has 0 aliphatic heterocycles. The average Bonchev–Trinajstić information content (AvgIpc) is 3.31. The predicted molar refractivity (Wildman–Crippen MR) is 97.4 cm³/mol. The molecule has 2 atom stereocenters. The van der Waals surface area contributed by atoms with Crippen molar-refractivity contribution in [1.82, 2.24) is 24.6 Å². The van der Waals surface area contributed by atoms with E-state index in [1.54, 1.807) is 19.5 Å². The summed E-state index contributed by atoms with van der Waals surface area (Å²) in [5.41, 5.74) is 3.91. The van der Waals surface area contributed by atoms with Crippen LogP contribution in [0.1, 0.15) is 38.7 Å². The smallest absolute Gasteiger partial charge is 0.319 e. The van der Waals surface area contributed by atoms with E-state index in [0.717, 1.165) is 16.9 Å². The van der Waals surface area contributed by atoms with Crippen molar-refractivity contribution in [3.63, 3.8) is 0 Å². The topological polar surface area (TPSA) is 74.4 Å². The third-order valence-electron chi connectivity index (χ3n) is 5.07. The van der Waals surface area contributed by atoms with Gasteiger partial charge in [0.15, 0.2) is 5.65 Å². The molecule has 0 bridgehead atoms. The second-order valence-electron chi connectivity index (χ2n) is 7.77. The average molecular weight is 353 g/mol. The molecule has 7 nitrogen and oxygen atoms in total. The molecule has 0 saturated heterocycles. The Morgan fingerprint density at radius 2 is 1.96 bits per heavy atom. The van der Waals surface area contributed by atoms with Crippen molar-refractivity contribution in [2.45, 2.75) is 33.1 Å². The van der Waals surface area contributed by atoms with E-state index in [1.807, 2.05) is 10.7 Å². The lowest BCUT2D eigenvalue weighted by atomic mass is 9.87. The maximum Gasteiger partial charge on any atom is 0.319 e. The molecule has 1 fully saturated rings. The van der Waals surface area contributed by atoms with Crippen molar-refractivity contribution in [2.24, 2.45) is 11.3 Å². The van der Waals surface area contributed by atoms with E-state index in [1.165, 1.54) is 19.1 Å². The van der Waals surface area contributed by atoms with Crippen molar-refractivity contribution < 1.29 is 9.47 Å². The van der Waals surface area contributed by atoms with Crippen LogP contribution in [0.4, 0.5) is 0 Å². The van der Waals surface area contributed by atoms with E-state index < -0.39 is 0 Å². The fourth-order valence-corrected chi connectivity index (χ4v) is 3.62. The Balaban J connectivity index is 1.83. The molecular weight excluding hydrogens is 330 g/mol. The standard InChI is InChI=1S/C19H23N5O2/c1-19(2,3)14-8-11(14)12-9-15(23-24-7-6-20-16(12)24)13-10-21-18(26-5)22-17(13)25-4/h6-7,9-11,14H,8H2,1-5H3/t11-,14+/m1/s1. The monoisotopic (exact) mass is 353 g/mol.